The normalized spacial score (nSPS) is 16.3. The van der Waals surface area contributed by atoms with Crippen molar-refractivity contribution in [2.45, 2.75) is 50.5 Å². The minimum Gasteiger partial charge on any atom is -0.352 e. The van der Waals surface area contributed by atoms with Gasteiger partial charge >= 0.3 is 0 Å². The molecule has 0 spiro atoms. The summed E-state index contributed by atoms with van der Waals surface area (Å²) in [4.78, 5) is 12.4. The summed E-state index contributed by atoms with van der Waals surface area (Å²) >= 11 is 0. The molecule has 1 aromatic carbocycles. The summed E-state index contributed by atoms with van der Waals surface area (Å²) in [5, 5.41) is 2.79. The Morgan fingerprint density at radius 3 is 2.56 bits per heavy atom. The van der Waals surface area contributed by atoms with Crippen molar-refractivity contribution in [3.8, 4) is 0 Å². The molecule has 1 amide bonds. The fraction of sp³-hybridized carbons (Fsp3) is 0.588. The van der Waals surface area contributed by atoms with Crippen molar-refractivity contribution < 1.29 is 13.2 Å². The number of rotatable bonds is 7. The Morgan fingerprint density at radius 2 is 1.96 bits per heavy atom. The Hall–Kier alpha value is -1.15. The van der Waals surface area contributed by atoms with Crippen LogP contribution < -0.4 is 15.8 Å². The maximum atomic E-state index is 12.6. The van der Waals surface area contributed by atoms with Crippen molar-refractivity contribution in [3.05, 3.63) is 29.3 Å². The van der Waals surface area contributed by atoms with Crippen molar-refractivity contribution in [1.29, 1.82) is 0 Å². The smallest absolute Gasteiger partial charge is 0.251 e. The first-order valence-electron chi connectivity index (χ1n) is 8.44. The van der Waals surface area contributed by atoms with Crippen LogP contribution in [0.2, 0.25) is 0 Å². The topological polar surface area (TPSA) is 101 Å². The molecule has 6 nitrogen and oxygen atoms in total. The highest BCUT2D eigenvalue weighted by Crippen LogP contribution is 2.22. The number of hydrogen-bond donors (Lipinski definition) is 3. The van der Waals surface area contributed by atoms with Gasteiger partial charge in [-0.05, 0) is 49.9 Å². The number of carbonyl (C=O) groups is 1. The molecule has 1 atom stereocenters. The first kappa shape index (κ1) is 21.9. The van der Waals surface area contributed by atoms with Crippen LogP contribution in [0, 0.1) is 12.8 Å². The van der Waals surface area contributed by atoms with Gasteiger partial charge in [-0.25, -0.2) is 13.1 Å². The number of carbonyl (C=O) groups excluding carboxylic acids is 1. The summed E-state index contributed by atoms with van der Waals surface area (Å²) in [6.45, 7) is 4.63. The molecule has 8 heteroatoms. The van der Waals surface area contributed by atoms with E-state index in [9.17, 15) is 13.2 Å². The van der Waals surface area contributed by atoms with Gasteiger partial charge in [0.15, 0.2) is 0 Å². The molecule has 142 valence electrons. The van der Waals surface area contributed by atoms with E-state index < -0.39 is 10.0 Å². The summed E-state index contributed by atoms with van der Waals surface area (Å²) in [5.74, 6) is -0.112. The van der Waals surface area contributed by atoms with Gasteiger partial charge in [-0.3, -0.25) is 4.79 Å². The highest BCUT2D eigenvalue weighted by Gasteiger charge is 2.25. The summed E-state index contributed by atoms with van der Waals surface area (Å²) in [6.07, 6.45) is 3.84. The molecular formula is C17H28ClN3O3S. The molecule has 0 bridgehead atoms. The van der Waals surface area contributed by atoms with Crippen LogP contribution >= 0.6 is 12.4 Å². The van der Waals surface area contributed by atoms with Crippen molar-refractivity contribution in [2.75, 3.05) is 13.1 Å². The molecule has 25 heavy (non-hydrogen) atoms. The molecule has 1 fully saturated rings. The number of hydrogen-bond acceptors (Lipinski definition) is 4. The summed E-state index contributed by atoms with van der Waals surface area (Å²) < 4.78 is 28.0. The fourth-order valence-corrected chi connectivity index (χ4v) is 4.39. The Kier molecular flexibility index (Phi) is 8.34. The zero-order valence-electron chi connectivity index (χ0n) is 14.7. The number of sulfonamides is 1. The molecule has 0 aromatic heterocycles. The molecule has 2 rings (SSSR count). The predicted octanol–water partition coefficient (Wildman–Crippen LogP) is 1.96. The first-order valence-corrected chi connectivity index (χ1v) is 9.93. The molecule has 1 saturated carbocycles. The van der Waals surface area contributed by atoms with E-state index in [0.717, 1.165) is 25.7 Å². The monoisotopic (exact) mass is 389 g/mol. The molecule has 0 saturated heterocycles. The van der Waals surface area contributed by atoms with Gasteiger partial charge in [0.05, 0.1) is 4.90 Å². The molecule has 0 aliphatic heterocycles. The highest BCUT2D eigenvalue weighted by molar-refractivity contribution is 7.89. The largest absolute Gasteiger partial charge is 0.352 e. The van der Waals surface area contributed by atoms with E-state index >= 15 is 0 Å². The third kappa shape index (κ3) is 5.95. The molecule has 1 aliphatic rings. The predicted molar refractivity (Wildman–Crippen MR) is 102 cm³/mol. The fourth-order valence-electron chi connectivity index (χ4n) is 2.81. The third-order valence-corrected chi connectivity index (χ3v) is 6.09. The van der Waals surface area contributed by atoms with Crippen LogP contribution in [-0.4, -0.2) is 33.5 Å². The Morgan fingerprint density at radius 1 is 1.32 bits per heavy atom. The van der Waals surface area contributed by atoms with Crippen molar-refractivity contribution in [1.82, 2.24) is 10.0 Å². The van der Waals surface area contributed by atoms with Crippen molar-refractivity contribution >= 4 is 28.3 Å². The molecule has 0 heterocycles. The minimum absolute atomic E-state index is 0. The van der Waals surface area contributed by atoms with E-state index in [0.29, 0.717) is 24.2 Å². The molecule has 4 N–H and O–H groups in total. The molecule has 0 radical (unpaired) electrons. The quantitative estimate of drug-likeness (QED) is 0.663. The SMILES string of the molecule is Cc1ccc(C(=O)NCC(C)CN)cc1S(=O)(=O)NC1CCCC1.Cl. The van der Waals surface area contributed by atoms with Crippen molar-refractivity contribution in [3.63, 3.8) is 0 Å². The number of amides is 1. The van der Waals surface area contributed by atoms with Crippen LogP contribution in [0.5, 0.6) is 0 Å². The third-order valence-electron chi connectivity index (χ3n) is 4.43. The van der Waals surface area contributed by atoms with Gasteiger partial charge in [0.1, 0.15) is 0 Å². The lowest BCUT2D eigenvalue weighted by Gasteiger charge is -2.15. The lowest BCUT2D eigenvalue weighted by atomic mass is 10.1. The number of halogens is 1. The highest BCUT2D eigenvalue weighted by atomic mass is 35.5. The molecule has 1 aliphatic carbocycles. The number of nitrogens with two attached hydrogens (primary N) is 1. The second kappa shape index (κ2) is 9.52. The maximum absolute atomic E-state index is 12.6. The Bertz CT molecular complexity index is 688. The standard InChI is InChI=1S/C17H27N3O3S.ClH/c1-12(10-18)11-19-17(21)14-8-7-13(2)16(9-14)24(22,23)20-15-5-3-4-6-15;/h7-9,12,15,20H,3-6,10-11,18H2,1-2H3,(H,19,21);1H. The Balaban J connectivity index is 0.00000312. The van der Waals surface area contributed by atoms with Crippen LogP contribution in [0.25, 0.3) is 0 Å². The van der Waals surface area contributed by atoms with E-state index in [1.807, 2.05) is 6.92 Å². The van der Waals surface area contributed by atoms with E-state index in [2.05, 4.69) is 10.0 Å². The van der Waals surface area contributed by atoms with E-state index in [4.69, 9.17) is 5.73 Å². The van der Waals surface area contributed by atoms with E-state index in [1.165, 1.54) is 6.07 Å². The van der Waals surface area contributed by atoms with Gasteiger partial charge in [-0.15, -0.1) is 12.4 Å². The minimum atomic E-state index is -3.62. The summed E-state index contributed by atoms with van der Waals surface area (Å²) in [6, 6.07) is 4.77. The Labute approximate surface area is 156 Å². The van der Waals surface area contributed by atoms with Crippen LogP contribution in [0.1, 0.15) is 48.5 Å². The maximum Gasteiger partial charge on any atom is 0.251 e. The second-order valence-electron chi connectivity index (χ2n) is 6.63. The lowest BCUT2D eigenvalue weighted by Crippen LogP contribution is -2.34. The van der Waals surface area contributed by atoms with Crippen LogP contribution in [0.15, 0.2) is 23.1 Å². The molecular weight excluding hydrogens is 362 g/mol. The van der Waals surface area contributed by atoms with Gasteiger partial charge in [-0.1, -0.05) is 25.8 Å². The first-order chi connectivity index (χ1) is 11.3. The van der Waals surface area contributed by atoms with Gasteiger partial charge in [0.2, 0.25) is 10.0 Å². The second-order valence-corrected chi connectivity index (χ2v) is 8.32. The number of nitrogens with one attached hydrogen (secondary N) is 2. The van der Waals surface area contributed by atoms with Gasteiger partial charge < -0.3 is 11.1 Å². The van der Waals surface area contributed by atoms with E-state index in [-0.39, 0.29) is 35.2 Å². The zero-order valence-corrected chi connectivity index (χ0v) is 16.4. The average Bonchev–Trinajstić information content (AvgIpc) is 3.04. The lowest BCUT2D eigenvalue weighted by molar-refractivity contribution is 0.0948. The summed E-state index contributed by atoms with van der Waals surface area (Å²) in [7, 11) is -3.62. The average molecular weight is 390 g/mol. The van der Waals surface area contributed by atoms with Crippen LogP contribution in [0.4, 0.5) is 0 Å². The number of benzene rings is 1. The van der Waals surface area contributed by atoms with E-state index in [1.54, 1.807) is 19.1 Å². The van der Waals surface area contributed by atoms with Gasteiger partial charge in [0.25, 0.3) is 5.91 Å². The molecule has 1 aromatic rings. The van der Waals surface area contributed by atoms with Crippen molar-refractivity contribution in [2.24, 2.45) is 11.7 Å². The van der Waals surface area contributed by atoms with Gasteiger partial charge in [-0.2, -0.15) is 0 Å². The molecule has 1 unspecified atom stereocenters. The van der Waals surface area contributed by atoms with Gasteiger partial charge in [0, 0.05) is 18.2 Å². The summed E-state index contributed by atoms with van der Waals surface area (Å²) in [5.41, 5.74) is 6.51. The zero-order chi connectivity index (χ0) is 17.7. The van der Waals surface area contributed by atoms with Crippen LogP contribution in [-0.2, 0) is 10.0 Å². The number of aryl methyl sites for hydroxylation is 1. The van der Waals surface area contributed by atoms with Crippen LogP contribution in [0.3, 0.4) is 0 Å².